The van der Waals surface area contributed by atoms with Crippen LogP contribution in [0.3, 0.4) is 0 Å². The highest BCUT2D eigenvalue weighted by molar-refractivity contribution is 7.52. The van der Waals surface area contributed by atoms with Crippen molar-refractivity contribution in [2.75, 3.05) is 26.5 Å². The van der Waals surface area contributed by atoms with Crippen LogP contribution in [0.25, 0.3) is 0 Å². The van der Waals surface area contributed by atoms with Crippen molar-refractivity contribution < 1.29 is 28.0 Å². The number of rotatable bonds is 6. The second kappa shape index (κ2) is 5.25. The molecule has 0 rings (SSSR count). The van der Waals surface area contributed by atoms with Crippen molar-refractivity contribution in [2.45, 2.75) is 6.42 Å². The molecule has 0 saturated heterocycles. The van der Waals surface area contributed by atoms with Gasteiger partial charge in [0, 0.05) is 13.3 Å². The van der Waals surface area contributed by atoms with Gasteiger partial charge < -0.3 is 18.8 Å². The molecule has 8 heteroatoms. The summed E-state index contributed by atoms with van der Waals surface area (Å²) in [5.41, 5.74) is 0. The van der Waals surface area contributed by atoms with E-state index in [1.165, 1.54) is 0 Å². The molecule has 0 aliphatic carbocycles. The maximum absolute atomic E-state index is 10.6. The first-order valence-corrected chi connectivity index (χ1v) is 7.65. The van der Waals surface area contributed by atoms with E-state index in [9.17, 15) is 9.13 Å². The molecule has 80 valence electrons. The Hall–Kier alpha value is 0.300. The topological polar surface area (TPSA) is 93.1 Å². The Morgan fingerprint density at radius 3 is 1.54 bits per heavy atom. The number of hydrogen-bond acceptors (Lipinski definition) is 4. The predicted octanol–water partition coefficient (Wildman–Crippen LogP) is 1.04. The Morgan fingerprint density at radius 1 is 1.00 bits per heavy atom. The van der Waals surface area contributed by atoms with Crippen molar-refractivity contribution in [1.82, 2.24) is 0 Å². The molecule has 0 fully saturated rings. The Morgan fingerprint density at radius 2 is 1.31 bits per heavy atom. The average Bonchev–Trinajstić information content (AvgIpc) is 1.81. The molecule has 0 aromatic carbocycles. The largest absolute Gasteiger partial charge is 0.325 e. The lowest BCUT2D eigenvalue weighted by atomic mass is 10.5. The van der Waals surface area contributed by atoms with Crippen LogP contribution in [0.1, 0.15) is 6.42 Å². The standard InChI is InChI=1S/C5H14O6P2/c1-12(6,7)10-4-3-5-11-13(2,8)9/h3-5H2,1-2H3,(H,6,7)(H,8,9). The minimum absolute atomic E-state index is 0.0320. The van der Waals surface area contributed by atoms with Gasteiger partial charge in [-0.05, 0) is 6.42 Å². The number of hydrogen-bond donors (Lipinski definition) is 2. The van der Waals surface area contributed by atoms with E-state index < -0.39 is 15.2 Å². The van der Waals surface area contributed by atoms with Crippen LogP contribution >= 0.6 is 15.2 Å². The first-order valence-electron chi connectivity index (χ1n) is 3.60. The molecular formula is C5H14O6P2. The lowest BCUT2D eigenvalue weighted by molar-refractivity contribution is 0.213. The van der Waals surface area contributed by atoms with Crippen LogP contribution in [-0.4, -0.2) is 36.3 Å². The van der Waals surface area contributed by atoms with Crippen molar-refractivity contribution in [2.24, 2.45) is 0 Å². The summed E-state index contributed by atoms with van der Waals surface area (Å²) in [5, 5.41) is 0. The fourth-order valence-corrected chi connectivity index (χ4v) is 1.46. The van der Waals surface area contributed by atoms with Crippen LogP contribution in [0.2, 0.25) is 0 Å². The molecule has 0 radical (unpaired) electrons. The zero-order valence-electron chi connectivity index (χ0n) is 7.54. The molecular weight excluding hydrogens is 218 g/mol. The molecule has 0 saturated carbocycles. The molecule has 0 bridgehead atoms. The van der Waals surface area contributed by atoms with E-state index in [1.54, 1.807) is 0 Å². The highest BCUT2D eigenvalue weighted by atomic mass is 31.2. The Balaban J connectivity index is 3.39. The Labute approximate surface area is 76.9 Å². The molecule has 0 spiro atoms. The van der Waals surface area contributed by atoms with Gasteiger partial charge in [0.1, 0.15) is 0 Å². The van der Waals surface area contributed by atoms with Gasteiger partial charge in [0.05, 0.1) is 13.2 Å². The molecule has 0 heterocycles. The van der Waals surface area contributed by atoms with Gasteiger partial charge in [-0.15, -0.1) is 0 Å². The Kier molecular flexibility index (Phi) is 5.37. The maximum atomic E-state index is 10.6. The third-order valence-electron chi connectivity index (χ3n) is 0.950. The van der Waals surface area contributed by atoms with Gasteiger partial charge in [-0.1, -0.05) is 0 Å². The minimum atomic E-state index is -3.43. The van der Waals surface area contributed by atoms with Crippen LogP contribution in [0, 0.1) is 0 Å². The average molecular weight is 232 g/mol. The van der Waals surface area contributed by atoms with Gasteiger partial charge in [-0.25, -0.2) is 0 Å². The molecule has 2 unspecified atom stereocenters. The van der Waals surface area contributed by atoms with E-state index in [1.807, 2.05) is 0 Å². The quantitative estimate of drug-likeness (QED) is 0.525. The second-order valence-electron chi connectivity index (χ2n) is 2.63. The smallest absolute Gasteiger partial charge is 0.324 e. The van der Waals surface area contributed by atoms with Gasteiger partial charge in [-0.3, -0.25) is 9.13 Å². The van der Waals surface area contributed by atoms with Crippen LogP contribution in [-0.2, 0) is 18.2 Å². The molecule has 0 aliphatic rings. The summed E-state index contributed by atoms with van der Waals surface area (Å²) in [7, 11) is -6.87. The van der Waals surface area contributed by atoms with E-state index in [-0.39, 0.29) is 13.2 Å². The normalized spacial score (nSPS) is 20.6. The summed E-state index contributed by atoms with van der Waals surface area (Å²) in [5.74, 6) is 0. The molecule has 13 heavy (non-hydrogen) atoms. The fraction of sp³-hybridized carbons (Fsp3) is 1.00. The molecule has 0 aromatic rings. The molecule has 0 aliphatic heterocycles. The third-order valence-corrected chi connectivity index (χ3v) is 2.27. The van der Waals surface area contributed by atoms with E-state index in [0.717, 1.165) is 13.3 Å². The van der Waals surface area contributed by atoms with Crippen molar-refractivity contribution >= 4 is 15.2 Å². The van der Waals surface area contributed by atoms with Crippen molar-refractivity contribution in [3.05, 3.63) is 0 Å². The van der Waals surface area contributed by atoms with Crippen LogP contribution in [0.5, 0.6) is 0 Å². The van der Waals surface area contributed by atoms with Crippen LogP contribution < -0.4 is 0 Å². The molecule has 0 aromatic heterocycles. The summed E-state index contributed by atoms with van der Waals surface area (Å²) in [6.45, 7) is 2.21. The SMILES string of the molecule is CP(=O)(O)OCCCOP(C)(=O)O. The lowest BCUT2D eigenvalue weighted by Gasteiger charge is -2.08. The second-order valence-corrected chi connectivity index (χ2v) is 6.35. The van der Waals surface area contributed by atoms with E-state index >= 15 is 0 Å². The van der Waals surface area contributed by atoms with Gasteiger partial charge in [0.15, 0.2) is 0 Å². The maximum Gasteiger partial charge on any atom is 0.325 e. The fourth-order valence-electron chi connectivity index (χ4n) is 0.527. The molecule has 2 N–H and O–H groups in total. The predicted molar refractivity (Wildman–Crippen MR) is 48.0 cm³/mol. The zero-order chi connectivity index (χ0) is 10.5. The third kappa shape index (κ3) is 12.3. The Bertz CT molecular complexity index is 203. The van der Waals surface area contributed by atoms with Crippen LogP contribution in [0.4, 0.5) is 0 Å². The molecule has 2 atom stereocenters. The lowest BCUT2D eigenvalue weighted by Crippen LogP contribution is -1.98. The van der Waals surface area contributed by atoms with Crippen molar-refractivity contribution in [1.29, 1.82) is 0 Å². The minimum Gasteiger partial charge on any atom is -0.324 e. The molecule has 6 nitrogen and oxygen atoms in total. The highest BCUT2D eigenvalue weighted by Gasteiger charge is 2.11. The molecule has 0 amide bonds. The zero-order valence-corrected chi connectivity index (χ0v) is 9.33. The van der Waals surface area contributed by atoms with Gasteiger partial charge in [-0.2, -0.15) is 0 Å². The first-order chi connectivity index (χ1) is 5.71. The summed E-state index contributed by atoms with van der Waals surface area (Å²) in [6, 6.07) is 0. The van der Waals surface area contributed by atoms with Gasteiger partial charge in [0.25, 0.3) is 0 Å². The highest BCUT2D eigenvalue weighted by Crippen LogP contribution is 2.38. The summed E-state index contributed by atoms with van der Waals surface area (Å²) in [6.07, 6.45) is 0.302. The summed E-state index contributed by atoms with van der Waals surface area (Å²) in [4.78, 5) is 17.3. The van der Waals surface area contributed by atoms with Gasteiger partial charge >= 0.3 is 15.2 Å². The van der Waals surface area contributed by atoms with Crippen molar-refractivity contribution in [3.63, 3.8) is 0 Å². The van der Waals surface area contributed by atoms with Gasteiger partial charge in [0.2, 0.25) is 0 Å². The van der Waals surface area contributed by atoms with E-state index in [4.69, 9.17) is 9.79 Å². The van der Waals surface area contributed by atoms with Crippen LogP contribution in [0.15, 0.2) is 0 Å². The van der Waals surface area contributed by atoms with E-state index in [2.05, 4.69) is 9.05 Å². The first kappa shape index (κ1) is 13.3. The summed E-state index contributed by atoms with van der Waals surface area (Å²) < 4.78 is 30.1. The van der Waals surface area contributed by atoms with Crippen molar-refractivity contribution in [3.8, 4) is 0 Å². The monoisotopic (exact) mass is 232 g/mol. The summed E-state index contributed by atoms with van der Waals surface area (Å²) >= 11 is 0. The van der Waals surface area contributed by atoms with E-state index in [0.29, 0.717) is 6.42 Å².